The molecule has 0 atom stereocenters. The Morgan fingerprint density at radius 2 is 1.90 bits per heavy atom. The standard InChI is InChI=1S/C8H15Br2/c1-3-4-5-6-7-8(2,9)10/h3H,4-7H2,1-2H3. The summed E-state index contributed by atoms with van der Waals surface area (Å²) in [6.45, 7) is 4.25. The highest BCUT2D eigenvalue weighted by atomic mass is 79.9. The van der Waals surface area contributed by atoms with E-state index in [-0.39, 0.29) is 3.23 Å². The molecule has 0 fully saturated rings. The molecular formula is C8H15Br2. The molecule has 10 heavy (non-hydrogen) atoms. The SMILES string of the molecule is C[CH]CCCCC(C)(Br)Br. The van der Waals surface area contributed by atoms with Gasteiger partial charge in [0.25, 0.3) is 0 Å². The Labute approximate surface area is 81.0 Å². The van der Waals surface area contributed by atoms with Crippen molar-refractivity contribution in [1.29, 1.82) is 0 Å². The predicted molar refractivity (Wildman–Crippen MR) is 54.7 cm³/mol. The van der Waals surface area contributed by atoms with E-state index < -0.39 is 0 Å². The van der Waals surface area contributed by atoms with E-state index in [1.54, 1.807) is 0 Å². The van der Waals surface area contributed by atoms with E-state index in [4.69, 9.17) is 0 Å². The van der Waals surface area contributed by atoms with Crippen LogP contribution < -0.4 is 0 Å². The summed E-state index contributed by atoms with van der Waals surface area (Å²) in [5, 5.41) is 0. The van der Waals surface area contributed by atoms with Gasteiger partial charge in [0, 0.05) is 0 Å². The van der Waals surface area contributed by atoms with Crippen LogP contribution in [0.25, 0.3) is 0 Å². The summed E-state index contributed by atoms with van der Waals surface area (Å²) in [6, 6.07) is 0. The van der Waals surface area contributed by atoms with Gasteiger partial charge in [-0.05, 0) is 19.8 Å². The van der Waals surface area contributed by atoms with Gasteiger partial charge in [-0.3, -0.25) is 0 Å². The van der Waals surface area contributed by atoms with Crippen molar-refractivity contribution in [2.24, 2.45) is 0 Å². The fraction of sp³-hybridized carbons (Fsp3) is 0.875. The molecule has 61 valence electrons. The third-order valence-electron chi connectivity index (χ3n) is 1.36. The second kappa shape index (κ2) is 5.59. The lowest BCUT2D eigenvalue weighted by Gasteiger charge is -2.12. The van der Waals surface area contributed by atoms with Gasteiger partial charge in [0.05, 0.1) is 3.23 Å². The number of hydrogen-bond acceptors (Lipinski definition) is 0. The molecule has 0 aromatic rings. The van der Waals surface area contributed by atoms with Crippen LogP contribution in [-0.4, -0.2) is 3.23 Å². The second-order valence-electron chi connectivity index (χ2n) is 2.72. The average Bonchev–Trinajstić information content (AvgIpc) is 1.78. The first kappa shape index (κ1) is 11.0. The Kier molecular flexibility index (Phi) is 6.13. The van der Waals surface area contributed by atoms with E-state index in [1.807, 2.05) is 0 Å². The minimum Gasteiger partial charge on any atom is -0.0730 e. The molecule has 0 saturated heterocycles. The first-order valence-corrected chi connectivity index (χ1v) is 5.30. The Balaban J connectivity index is 3.04. The molecule has 0 nitrogen and oxygen atoms in total. The summed E-state index contributed by atoms with van der Waals surface area (Å²) in [4.78, 5) is 0. The summed E-state index contributed by atoms with van der Waals surface area (Å²) < 4.78 is 0.160. The van der Waals surface area contributed by atoms with Gasteiger partial charge in [0.2, 0.25) is 0 Å². The van der Waals surface area contributed by atoms with Crippen molar-refractivity contribution in [3.63, 3.8) is 0 Å². The molecule has 0 aromatic carbocycles. The third-order valence-corrected chi connectivity index (χ3v) is 2.15. The number of hydrogen-bond donors (Lipinski definition) is 0. The zero-order chi connectivity index (χ0) is 8.04. The van der Waals surface area contributed by atoms with E-state index >= 15 is 0 Å². The van der Waals surface area contributed by atoms with Gasteiger partial charge >= 0.3 is 0 Å². The van der Waals surface area contributed by atoms with Crippen molar-refractivity contribution in [3.05, 3.63) is 6.42 Å². The van der Waals surface area contributed by atoms with Crippen molar-refractivity contribution in [2.45, 2.75) is 42.8 Å². The quantitative estimate of drug-likeness (QED) is 0.517. The molecule has 0 rings (SSSR count). The van der Waals surface area contributed by atoms with Crippen molar-refractivity contribution in [2.75, 3.05) is 0 Å². The summed E-state index contributed by atoms with van der Waals surface area (Å²) in [5.41, 5.74) is 0. The van der Waals surface area contributed by atoms with Gasteiger partial charge in [0.15, 0.2) is 0 Å². The van der Waals surface area contributed by atoms with Crippen molar-refractivity contribution in [3.8, 4) is 0 Å². The lowest BCUT2D eigenvalue weighted by molar-refractivity contribution is 0.661. The Bertz CT molecular complexity index is 73.8. The lowest BCUT2D eigenvalue weighted by atomic mass is 10.1. The summed E-state index contributed by atoms with van der Waals surface area (Å²) in [5.74, 6) is 0. The van der Waals surface area contributed by atoms with E-state index in [0.717, 1.165) is 0 Å². The first-order chi connectivity index (χ1) is 4.56. The highest BCUT2D eigenvalue weighted by Gasteiger charge is 2.13. The van der Waals surface area contributed by atoms with Gasteiger partial charge in [-0.25, -0.2) is 0 Å². The molecule has 0 bridgehead atoms. The molecule has 0 aliphatic heterocycles. The number of halogens is 2. The molecular weight excluding hydrogens is 256 g/mol. The van der Waals surface area contributed by atoms with Crippen LogP contribution in [0.5, 0.6) is 0 Å². The molecule has 0 aliphatic carbocycles. The van der Waals surface area contributed by atoms with Crippen LogP contribution in [0.4, 0.5) is 0 Å². The van der Waals surface area contributed by atoms with Gasteiger partial charge in [-0.15, -0.1) is 0 Å². The predicted octanol–water partition coefficient (Wildman–Crippen LogP) is 4.28. The van der Waals surface area contributed by atoms with Gasteiger partial charge in [-0.1, -0.05) is 58.0 Å². The molecule has 0 amide bonds. The summed E-state index contributed by atoms with van der Waals surface area (Å²) in [7, 11) is 0. The minimum atomic E-state index is 0.160. The van der Waals surface area contributed by atoms with Gasteiger partial charge < -0.3 is 0 Å². The van der Waals surface area contributed by atoms with Crippen LogP contribution >= 0.6 is 31.9 Å². The summed E-state index contributed by atoms with van der Waals surface area (Å²) >= 11 is 7.07. The maximum absolute atomic E-state index is 3.54. The maximum atomic E-state index is 3.54. The Morgan fingerprint density at radius 3 is 2.30 bits per heavy atom. The van der Waals surface area contributed by atoms with Crippen LogP contribution in [0.15, 0.2) is 0 Å². The van der Waals surface area contributed by atoms with Crippen molar-refractivity contribution in [1.82, 2.24) is 0 Å². The van der Waals surface area contributed by atoms with Crippen LogP contribution in [0, 0.1) is 6.42 Å². The topological polar surface area (TPSA) is 0 Å². The average molecular weight is 271 g/mol. The zero-order valence-electron chi connectivity index (χ0n) is 6.66. The molecule has 0 aromatic heterocycles. The molecule has 0 unspecified atom stereocenters. The highest BCUT2D eigenvalue weighted by Crippen LogP contribution is 2.31. The molecule has 0 spiro atoms. The van der Waals surface area contributed by atoms with E-state index in [0.29, 0.717) is 0 Å². The van der Waals surface area contributed by atoms with E-state index in [2.05, 4.69) is 52.1 Å². The molecule has 0 aliphatic rings. The summed E-state index contributed by atoms with van der Waals surface area (Å²) in [6.07, 6.45) is 7.26. The molecule has 1 radical (unpaired) electrons. The largest absolute Gasteiger partial charge is 0.0777 e. The maximum Gasteiger partial charge on any atom is 0.0777 e. The molecule has 0 saturated carbocycles. The third kappa shape index (κ3) is 8.96. The monoisotopic (exact) mass is 269 g/mol. The van der Waals surface area contributed by atoms with Crippen molar-refractivity contribution >= 4 is 31.9 Å². The first-order valence-electron chi connectivity index (χ1n) is 3.72. The van der Waals surface area contributed by atoms with E-state index in [9.17, 15) is 0 Å². The number of alkyl halides is 2. The van der Waals surface area contributed by atoms with Gasteiger partial charge in [0.1, 0.15) is 0 Å². The zero-order valence-corrected chi connectivity index (χ0v) is 9.83. The lowest BCUT2D eigenvalue weighted by Crippen LogP contribution is -2.02. The van der Waals surface area contributed by atoms with E-state index in [1.165, 1.54) is 25.7 Å². The molecule has 2 heteroatoms. The minimum absolute atomic E-state index is 0.160. The fourth-order valence-electron chi connectivity index (χ4n) is 0.784. The second-order valence-corrected chi connectivity index (χ2v) is 7.29. The normalized spacial score (nSPS) is 12.0. The van der Waals surface area contributed by atoms with Crippen LogP contribution in [-0.2, 0) is 0 Å². The fourth-order valence-corrected chi connectivity index (χ4v) is 1.34. The number of rotatable bonds is 5. The smallest absolute Gasteiger partial charge is 0.0730 e. The van der Waals surface area contributed by atoms with Gasteiger partial charge in [-0.2, -0.15) is 0 Å². The molecule has 0 heterocycles. The Hall–Kier alpha value is 0.960. The molecule has 0 N–H and O–H groups in total. The highest BCUT2D eigenvalue weighted by molar-refractivity contribution is 9.25. The van der Waals surface area contributed by atoms with Crippen LogP contribution in [0.2, 0.25) is 0 Å². The Morgan fingerprint density at radius 1 is 1.30 bits per heavy atom. The van der Waals surface area contributed by atoms with Crippen LogP contribution in [0.3, 0.4) is 0 Å². The van der Waals surface area contributed by atoms with Crippen molar-refractivity contribution < 1.29 is 0 Å². The van der Waals surface area contributed by atoms with Crippen LogP contribution in [0.1, 0.15) is 39.5 Å². The number of unbranched alkanes of at least 4 members (excludes halogenated alkanes) is 3.